The van der Waals surface area contributed by atoms with E-state index in [2.05, 4.69) is 4.98 Å². The zero-order valence-corrected chi connectivity index (χ0v) is 12.5. The Morgan fingerprint density at radius 3 is 3.00 bits per heavy atom. The Balaban J connectivity index is 1.86. The van der Waals surface area contributed by atoms with Crippen LogP contribution < -0.4 is 0 Å². The number of pyridine rings is 1. The third kappa shape index (κ3) is 2.93. The molecular weight excluding hydrogens is 284 g/mol. The van der Waals surface area contributed by atoms with Gasteiger partial charge in [0.05, 0.1) is 6.04 Å². The molecule has 108 valence electrons. The van der Waals surface area contributed by atoms with Gasteiger partial charge in [-0.05, 0) is 42.2 Å². The standard InChI is InChI=1S/C17H17ClN2O/c18-11-13-4-1-5-14(10-13)17(21)20-9-3-7-16(20)15-6-2-8-19-12-15/h1-2,4-6,8,10,12,16H,3,7,9,11H2. The normalized spacial score (nSPS) is 18.0. The zero-order chi connectivity index (χ0) is 14.7. The quantitative estimate of drug-likeness (QED) is 0.808. The second-order valence-electron chi connectivity index (χ2n) is 5.28. The maximum Gasteiger partial charge on any atom is 0.254 e. The van der Waals surface area contributed by atoms with Gasteiger partial charge in [0.2, 0.25) is 0 Å². The number of hydrogen-bond donors (Lipinski definition) is 0. The summed E-state index contributed by atoms with van der Waals surface area (Å²) in [6.45, 7) is 0.795. The predicted octanol–water partition coefficient (Wildman–Crippen LogP) is 3.80. The lowest BCUT2D eigenvalue weighted by Gasteiger charge is -2.25. The Bertz CT molecular complexity index is 630. The van der Waals surface area contributed by atoms with Crippen molar-refractivity contribution in [2.45, 2.75) is 24.8 Å². The fourth-order valence-electron chi connectivity index (χ4n) is 2.88. The minimum Gasteiger partial charge on any atom is -0.332 e. The first-order chi connectivity index (χ1) is 10.3. The molecule has 1 aliphatic rings. The van der Waals surface area contributed by atoms with Crippen molar-refractivity contribution in [1.82, 2.24) is 9.88 Å². The topological polar surface area (TPSA) is 33.2 Å². The van der Waals surface area contributed by atoms with Gasteiger partial charge in [-0.2, -0.15) is 0 Å². The van der Waals surface area contributed by atoms with Crippen LogP contribution in [0.1, 0.15) is 40.4 Å². The van der Waals surface area contributed by atoms with E-state index in [0.717, 1.165) is 30.5 Å². The lowest BCUT2D eigenvalue weighted by Crippen LogP contribution is -2.30. The average molecular weight is 301 g/mol. The molecule has 1 fully saturated rings. The van der Waals surface area contributed by atoms with Gasteiger partial charge in [-0.25, -0.2) is 0 Å². The number of nitrogens with zero attached hydrogens (tertiary/aromatic N) is 2. The minimum absolute atomic E-state index is 0.0771. The molecule has 1 saturated heterocycles. The molecule has 1 aromatic heterocycles. The molecule has 0 spiro atoms. The van der Waals surface area contributed by atoms with Gasteiger partial charge in [-0.3, -0.25) is 9.78 Å². The van der Waals surface area contributed by atoms with E-state index in [1.165, 1.54) is 0 Å². The van der Waals surface area contributed by atoms with Crippen LogP contribution in [0.4, 0.5) is 0 Å². The smallest absolute Gasteiger partial charge is 0.254 e. The van der Waals surface area contributed by atoms with Crippen molar-refractivity contribution in [3.63, 3.8) is 0 Å². The number of benzene rings is 1. The van der Waals surface area contributed by atoms with Crippen molar-refractivity contribution in [3.05, 3.63) is 65.5 Å². The average Bonchev–Trinajstić information content (AvgIpc) is 3.04. The molecule has 0 saturated carbocycles. The maximum atomic E-state index is 12.8. The lowest BCUT2D eigenvalue weighted by molar-refractivity contribution is 0.0735. The van der Waals surface area contributed by atoms with Gasteiger partial charge in [0.15, 0.2) is 0 Å². The number of alkyl halides is 1. The number of likely N-dealkylation sites (tertiary alicyclic amines) is 1. The molecule has 0 bridgehead atoms. The third-order valence-corrected chi connectivity index (χ3v) is 4.22. The molecule has 1 atom stereocenters. The Hall–Kier alpha value is -1.87. The highest BCUT2D eigenvalue weighted by Gasteiger charge is 2.30. The molecule has 1 amide bonds. The van der Waals surface area contributed by atoms with Crippen molar-refractivity contribution < 1.29 is 4.79 Å². The highest BCUT2D eigenvalue weighted by Crippen LogP contribution is 2.32. The summed E-state index contributed by atoms with van der Waals surface area (Å²) >= 11 is 5.85. The van der Waals surface area contributed by atoms with Crippen molar-refractivity contribution in [3.8, 4) is 0 Å². The van der Waals surface area contributed by atoms with Crippen molar-refractivity contribution in [2.75, 3.05) is 6.54 Å². The summed E-state index contributed by atoms with van der Waals surface area (Å²) in [7, 11) is 0. The van der Waals surface area contributed by atoms with Gasteiger partial charge in [-0.15, -0.1) is 11.6 Å². The van der Waals surface area contributed by atoms with Crippen LogP contribution in [-0.4, -0.2) is 22.3 Å². The van der Waals surface area contributed by atoms with Crippen LogP contribution in [0.5, 0.6) is 0 Å². The number of carbonyl (C=O) groups is 1. The predicted molar refractivity (Wildman–Crippen MR) is 83.2 cm³/mol. The summed E-state index contributed by atoms with van der Waals surface area (Å²) in [5.41, 5.74) is 2.79. The summed E-state index contributed by atoms with van der Waals surface area (Å²) in [5, 5.41) is 0. The Kier molecular flexibility index (Phi) is 4.20. The van der Waals surface area contributed by atoms with Gasteiger partial charge >= 0.3 is 0 Å². The van der Waals surface area contributed by atoms with Crippen LogP contribution in [0.25, 0.3) is 0 Å². The van der Waals surface area contributed by atoms with Crippen molar-refractivity contribution in [1.29, 1.82) is 0 Å². The lowest BCUT2D eigenvalue weighted by atomic mass is 10.1. The van der Waals surface area contributed by atoms with E-state index in [1.807, 2.05) is 47.5 Å². The molecule has 2 aromatic rings. The van der Waals surface area contributed by atoms with Gasteiger partial charge in [0.25, 0.3) is 5.91 Å². The molecule has 1 unspecified atom stereocenters. The largest absolute Gasteiger partial charge is 0.332 e. The van der Waals surface area contributed by atoms with Crippen LogP contribution in [-0.2, 0) is 5.88 Å². The summed E-state index contributed by atoms with van der Waals surface area (Å²) < 4.78 is 0. The number of hydrogen-bond acceptors (Lipinski definition) is 2. The number of carbonyl (C=O) groups excluding carboxylic acids is 1. The van der Waals surface area contributed by atoms with Crippen LogP contribution in [0.15, 0.2) is 48.8 Å². The van der Waals surface area contributed by atoms with Crippen LogP contribution in [0.2, 0.25) is 0 Å². The molecule has 1 aliphatic heterocycles. The monoisotopic (exact) mass is 300 g/mol. The number of aromatic nitrogens is 1. The molecule has 3 rings (SSSR count). The summed E-state index contributed by atoms with van der Waals surface area (Å²) in [6, 6.07) is 11.7. The first-order valence-electron chi connectivity index (χ1n) is 7.15. The molecule has 1 aromatic carbocycles. The van der Waals surface area contributed by atoms with Crippen LogP contribution in [0, 0.1) is 0 Å². The van der Waals surface area contributed by atoms with Gasteiger partial charge in [-0.1, -0.05) is 18.2 Å². The summed E-state index contributed by atoms with van der Waals surface area (Å²) in [5.74, 6) is 0.501. The SMILES string of the molecule is O=C(c1cccc(CCl)c1)N1CCCC1c1cccnc1. The van der Waals surface area contributed by atoms with Crippen molar-refractivity contribution >= 4 is 17.5 Å². The molecule has 0 N–H and O–H groups in total. The van der Waals surface area contributed by atoms with E-state index in [1.54, 1.807) is 6.20 Å². The Labute approximate surface area is 129 Å². The van der Waals surface area contributed by atoms with E-state index in [-0.39, 0.29) is 11.9 Å². The fourth-order valence-corrected chi connectivity index (χ4v) is 3.05. The first kappa shape index (κ1) is 14.1. The first-order valence-corrected chi connectivity index (χ1v) is 7.69. The Morgan fingerprint density at radius 1 is 1.33 bits per heavy atom. The molecule has 21 heavy (non-hydrogen) atoms. The number of rotatable bonds is 3. The van der Waals surface area contributed by atoms with Crippen LogP contribution in [0.3, 0.4) is 0 Å². The summed E-state index contributed by atoms with van der Waals surface area (Å²) in [4.78, 5) is 18.9. The molecular formula is C17H17ClN2O. The van der Waals surface area contributed by atoms with E-state index in [9.17, 15) is 4.79 Å². The molecule has 4 heteroatoms. The van der Waals surface area contributed by atoms with E-state index >= 15 is 0 Å². The second-order valence-corrected chi connectivity index (χ2v) is 5.54. The number of halogens is 1. The Morgan fingerprint density at radius 2 is 2.24 bits per heavy atom. The number of amides is 1. The highest BCUT2D eigenvalue weighted by molar-refractivity contribution is 6.17. The van der Waals surface area contributed by atoms with E-state index in [0.29, 0.717) is 11.4 Å². The highest BCUT2D eigenvalue weighted by atomic mass is 35.5. The van der Waals surface area contributed by atoms with Crippen molar-refractivity contribution in [2.24, 2.45) is 0 Å². The molecule has 0 radical (unpaired) electrons. The van der Waals surface area contributed by atoms with E-state index in [4.69, 9.17) is 11.6 Å². The maximum absolute atomic E-state index is 12.8. The fraction of sp³-hybridized carbons (Fsp3) is 0.294. The van der Waals surface area contributed by atoms with Crippen LogP contribution >= 0.6 is 11.6 Å². The third-order valence-electron chi connectivity index (χ3n) is 3.91. The molecule has 0 aliphatic carbocycles. The van der Waals surface area contributed by atoms with Gasteiger partial charge in [0, 0.05) is 30.4 Å². The molecule has 2 heterocycles. The van der Waals surface area contributed by atoms with Gasteiger partial charge < -0.3 is 4.90 Å². The van der Waals surface area contributed by atoms with E-state index < -0.39 is 0 Å². The second kappa shape index (κ2) is 6.27. The summed E-state index contributed by atoms with van der Waals surface area (Å²) in [6.07, 6.45) is 5.63. The minimum atomic E-state index is 0.0771. The van der Waals surface area contributed by atoms with Gasteiger partial charge in [0.1, 0.15) is 0 Å². The molecule has 3 nitrogen and oxygen atoms in total. The zero-order valence-electron chi connectivity index (χ0n) is 11.7.